The summed E-state index contributed by atoms with van der Waals surface area (Å²) in [6.07, 6.45) is 3.08. The van der Waals surface area contributed by atoms with E-state index < -0.39 is 0 Å². The third-order valence-electron chi connectivity index (χ3n) is 5.72. The van der Waals surface area contributed by atoms with Gasteiger partial charge in [0.15, 0.2) is 0 Å². The van der Waals surface area contributed by atoms with Crippen LogP contribution in [0.5, 0.6) is 0 Å². The third-order valence-corrected chi connectivity index (χ3v) is 6.70. The summed E-state index contributed by atoms with van der Waals surface area (Å²) in [6, 6.07) is 17.1. The lowest BCUT2D eigenvalue weighted by Gasteiger charge is -2.05. The predicted molar refractivity (Wildman–Crippen MR) is 117 cm³/mol. The predicted octanol–water partition coefficient (Wildman–Crippen LogP) is 4.97. The first-order valence-electron chi connectivity index (χ1n) is 9.36. The molecule has 27 heavy (non-hydrogen) atoms. The highest BCUT2D eigenvalue weighted by Crippen LogP contribution is 2.54. The summed E-state index contributed by atoms with van der Waals surface area (Å²) in [5.41, 5.74) is 5.74. The molecule has 2 heterocycles. The smallest absolute Gasteiger partial charge is 0.113 e. The van der Waals surface area contributed by atoms with Crippen molar-refractivity contribution in [1.29, 1.82) is 0 Å². The van der Waals surface area contributed by atoms with Crippen LogP contribution in [0.4, 0.5) is 0 Å². The Labute approximate surface area is 160 Å². The fourth-order valence-corrected chi connectivity index (χ4v) is 4.89. The number of benzene rings is 2. The van der Waals surface area contributed by atoms with Gasteiger partial charge in [0.2, 0.25) is 0 Å². The van der Waals surface area contributed by atoms with Gasteiger partial charge < -0.3 is 4.57 Å². The first-order valence-corrected chi connectivity index (χ1v) is 10.9. The minimum Gasteiger partial charge on any atom is -0.331 e. The first-order chi connectivity index (χ1) is 13.2. The van der Waals surface area contributed by atoms with Crippen molar-refractivity contribution in [2.45, 2.75) is 18.3 Å². The molecule has 2 aromatic heterocycles. The van der Waals surface area contributed by atoms with Crippen LogP contribution in [0.2, 0.25) is 0 Å². The van der Waals surface area contributed by atoms with Crippen molar-refractivity contribution in [1.82, 2.24) is 14.5 Å². The maximum atomic E-state index is 5.06. The Kier molecular flexibility index (Phi) is 3.87. The summed E-state index contributed by atoms with van der Waals surface area (Å²) in [7, 11) is 2.88. The molecule has 1 aliphatic rings. The second kappa shape index (κ2) is 6.28. The van der Waals surface area contributed by atoms with Gasteiger partial charge in [0.1, 0.15) is 5.82 Å². The maximum absolute atomic E-state index is 5.06. The van der Waals surface area contributed by atoms with E-state index in [2.05, 4.69) is 73.4 Å². The Balaban J connectivity index is 1.54. The molecule has 4 aromatic rings. The summed E-state index contributed by atoms with van der Waals surface area (Å²) in [4.78, 5) is 9.97. The second-order valence-electron chi connectivity index (χ2n) is 7.26. The van der Waals surface area contributed by atoms with Crippen molar-refractivity contribution in [2.24, 2.45) is 7.05 Å². The molecular formula is C23H22N3P. The summed E-state index contributed by atoms with van der Waals surface area (Å²) in [6.45, 7) is 6.23. The largest absolute Gasteiger partial charge is 0.331 e. The van der Waals surface area contributed by atoms with Crippen molar-refractivity contribution in [3.63, 3.8) is 0 Å². The average Bonchev–Trinajstić information content (AvgIpc) is 3.44. The van der Waals surface area contributed by atoms with Crippen molar-refractivity contribution >= 4 is 41.9 Å². The fraction of sp³-hybridized carbons (Fsp3) is 0.217. The van der Waals surface area contributed by atoms with Crippen molar-refractivity contribution in [3.05, 3.63) is 72.2 Å². The number of nitrogens with zero attached hydrogens (tertiary/aromatic N) is 3. The number of aromatic nitrogens is 3. The van der Waals surface area contributed by atoms with Crippen LogP contribution in [0.3, 0.4) is 0 Å². The van der Waals surface area contributed by atoms with Gasteiger partial charge in [-0.25, -0.2) is 4.98 Å². The van der Waals surface area contributed by atoms with Crippen LogP contribution in [-0.2, 0) is 7.05 Å². The Morgan fingerprint density at radius 1 is 1.07 bits per heavy atom. The van der Waals surface area contributed by atoms with Gasteiger partial charge in [0, 0.05) is 35.5 Å². The number of imidazole rings is 1. The van der Waals surface area contributed by atoms with Crippen LogP contribution in [0.15, 0.2) is 55.1 Å². The molecule has 134 valence electrons. The third kappa shape index (κ3) is 2.61. The van der Waals surface area contributed by atoms with Gasteiger partial charge >= 0.3 is 0 Å². The molecule has 0 aliphatic heterocycles. The second-order valence-corrected chi connectivity index (χ2v) is 8.29. The van der Waals surface area contributed by atoms with E-state index in [9.17, 15) is 0 Å². The molecule has 5 rings (SSSR count). The van der Waals surface area contributed by atoms with Gasteiger partial charge in [-0.05, 0) is 36.6 Å². The van der Waals surface area contributed by atoms with Crippen LogP contribution in [0, 0.1) is 0 Å². The van der Waals surface area contributed by atoms with Gasteiger partial charge in [-0.1, -0.05) is 51.6 Å². The van der Waals surface area contributed by atoms with E-state index in [0.717, 1.165) is 26.0 Å². The van der Waals surface area contributed by atoms with Gasteiger partial charge in [-0.3, -0.25) is 4.98 Å². The van der Waals surface area contributed by atoms with Crippen LogP contribution < -0.4 is 5.30 Å². The quantitative estimate of drug-likeness (QED) is 0.474. The standard InChI is InChI=1S/C23H22N3P/c1-4-15-21(27-3)12-11-20-22(15)25-23(26(20)2)17-13-16(17)19-10-9-14-7-5-6-8-18(14)24-19/h4-12,16-17,27H,1,13H2,2-3H3. The molecule has 3 nitrogen and oxygen atoms in total. The molecule has 0 radical (unpaired) electrons. The molecule has 1 fully saturated rings. The Morgan fingerprint density at radius 3 is 2.74 bits per heavy atom. The van der Waals surface area contributed by atoms with Crippen molar-refractivity contribution in [2.75, 3.05) is 6.66 Å². The van der Waals surface area contributed by atoms with Crippen LogP contribution >= 0.6 is 8.58 Å². The Hall–Kier alpha value is -2.51. The lowest BCUT2D eigenvalue weighted by Crippen LogP contribution is -2.00. The lowest BCUT2D eigenvalue weighted by molar-refractivity contribution is 0.800. The van der Waals surface area contributed by atoms with E-state index in [0.29, 0.717) is 11.8 Å². The number of pyridine rings is 1. The number of hydrogen-bond acceptors (Lipinski definition) is 2. The maximum Gasteiger partial charge on any atom is 0.113 e. The summed E-state index contributed by atoms with van der Waals surface area (Å²) >= 11 is 0. The van der Waals surface area contributed by atoms with Gasteiger partial charge in [0.25, 0.3) is 0 Å². The van der Waals surface area contributed by atoms with E-state index in [-0.39, 0.29) is 0 Å². The molecule has 0 N–H and O–H groups in total. The topological polar surface area (TPSA) is 30.7 Å². The number of para-hydroxylation sites is 1. The molecule has 0 spiro atoms. The van der Waals surface area contributed by atoms with E-state index in [4.69, 9.17) is 9.97 Å². The fourth-order valence-electron chi connectivity index (χ4n) is 4.15. The molecule has 1 saturated carbocycles. The molecular weight excluding hydrogens is 349 g/mol. The van der Waals surface area contributed by atoms with Crippen LogP contribution in [0.1, 0.15) is 35.3 Å². The SMILES string of the molecule is C=Cc1c(PC)ccc2c1nc(C1CC1c1ccc3ccccc3n1)n2C. The molecule has 2 aromatic carbocycles. The van der Waals surface area contributed by atoms with Crippen LogP contribution in [-0.4, -0.2) is 21.2 Å². The summed E-state index contributed by atoms with van der Waals surface area (Å²) in [5, 5.41) is 2.54. The first kappa shape index (κ1) is 16.6. The molecule has 0 amide bonds. The minimum atomic E-state index is 0.446. The van der Waals surface area contributed by atoms with E-state index in [1.165, 1.54) is 33.3 Å². The van der Waals surface area contributed by atoms with E-state index >= 15 is 0 Å². The van der Waals surface area contributed by atoms with E-state index in [1.807, 2.05) is 6.08 Å². The summed E-state index contributed by atoms with van der Waals surface area (Å²) in [5.74, 6) is 2.08. The number of fused-ring (bicyclic) bond motifs is 2. The Morgan fingerprint density at radius 2 is 1.93 bits per heavy atom. The zero-order valence-electron chi connectivity index (χ0n) is 15.6. The molecule has 0 bridgehead atoms. The Bertz CT molecular complexity index is 1190. The molecule has 1 aliphatic carbocycles. The summed E-state index contributed by atoms with van der Waals surface area (Å²) < 4.78 is 2.26. The van der Waals surface area contributed by atoms with Gasteiger partial charge in [-0.15, -0.1) is 0 Å². The zero-order valence-corrected chi connectivity index (χ0v) is 16.6. The average molecular weight is 371 g/mol. The number of hydrogen-bond donors (Lipinski definition) is 0. The monoisotopic (exact) mass is 371 g/mol. The highest BCUT2D eigenvalue weighted by atomic mass is 31.1. The van der Waals surface area contributed by atoms with Crippen molar-refractivity contribution < 1.29 is 0 Å². The van der Waals surface area contributed by atoms with Gasteiger partial charge in [-0.2, -0.15) is 0 Å². The molecule has 3 atom stereocenters. The van der Waals surface area contributed by atoms with E-state index in [1.54, 1.807) is 0 Å². The molecule has 4 heteroatoms. The van der Waals surface area contributed by atoms with Crippen LogP contribution in [0.25, 0.3) is 28.0 Å². The molecule has 0 saturated heterocycles. The highest BCUT2D eigenvalue weighted by molar-refractivity contribution is 7.46. The number of aryl methyl sites for hydroxylation is 1. The zero-order chi connectivity index (χ0) is 18.5. The highest BCUT2D eigenvalue weighted by Gasteiger charge is 2.43. The minimum absolute atomic E-state index is 0.446. The number of rotatable bonds is 4. The normalized spacial score (nSPS) is 19.3. The molecule has 3 unspecified atom stereocenters. The van der Waals surface area contributed by atoms with Gasteiger partial charge in [0.05, 0.1) is 16.6 Å². The van der Waals surface area contributed by atoms with Crippen molar-refractivity contribution in [3.8, 4) is 0 Å². The lowest BCUT2D eigenvalue weighted by atomic mass is 10.1.